The molecule has 0 unspecified atom stereocenters. The van der Waals surface area contributed by atoms with Gasteiger partial charge < -0.3 is 11.1 Å². The van der Waals surface area contributed by atoms with Crippen LogP contribution in [0.1, 0.15) is 37.7 Å². The predicted molar refractivity (Wildman–Crippen MR) is 70.7 cm³/mol. The van der Waals surface area contributed by atoms with Gasteiger partial charge in [0.05, 0.1) is 5.41 Å². The molecule has 4 heteroatoms. The van der Waals surface area contributed by atoms with Crippen LogP contribution in [0.3, 0.4) is 0 Å². The predicted octanol–water partition coefficient (Wildman–Crippen LogP) is 1.61. The van der Waals surface area contributed by atoms with E-state index in [2.05, 4.69) is 10.3 Å². The van der Waals surface area contributed by atoms with Crippen molar-refractivity contribution in [3.63, 3.8) is 0 Å². The van der Waals surface area contributed by atoms with Gasteiger partial charge in [-0.3, -0.25) is 9.78 Å². The lowest BCUT2D eigenvalue weighted by atomic mass is 9.73. The Kier molecular flexibility index (Phi) is 4.31. The first-order valence-corrected chi connectivity index (χ1v) is 6.64. The van der Waals surface area contributed by atoms with E-state index in [1.807, 2.05) is 12.1 Å². The molecule has 2 rings (SSSR count). The molecule has 1 aromatic rings. The standard InChI is InChI=1S/C14H21N3O/c15-11-14(6-2-1-3-7-14)13(18)17-10-12-5-4-8-16-9-12/h4-5,8-9H,1-3,6-7,10-11,15H2,(H,17,18). The highest BCUT2D eigenvalue weighted by molar-refractivity contribution is 5.83. The van der Waals surface area contributed by atoms with E-state index in [9.17, 15) is 4.79 Å². The topological polar surface area (TPSA) is 68.0 Å². The summed E-state index contributed by atoms with van der Waals surface area (Å²) in [5, 5.41) is 3.00. The summed E-state index contributed by atoms with van der Waals surface area (Å²) in [5.41, 5.74) is 6.52. The zero-order valence-electron chi connectivity index (χ0n) is 10.7. The van der Waals surface area contributed by atoms with E-state index in [-0.39, 0.29) is 11.3 Å². The maximum absolute atomic E-state index is 12.3. The maximum atomic E-state index is 12.3. The zero-order valence-corrected chi connectivity index (χ0v) is 10.7. The smallest absolute Gasteiger partial charge is 0.227 e. The van der Waals surface area contributed by atoms with Crippen molar-refractivity contribution in [1.82, 2.24) is 10.3 Å². The molecule has 1 aromatic heterocycles. The monoisotopic (exact) mass is 247 g/mol. The van der Waals surface area contributed by atoms with E-state index in [4.69, 9.17) is 5.73 Å². The number of hydrogen-bond donors (Lipinski definition) is 2. The van der Waals surface area contributed by atoms with Crippen molar-refractivity contribution < 1.29 is 4.79 Å². The van der Waals surface area contributed by atoms with Gasteiger partial charge in [0.1, 0.15) is 0 Å². The van der Waals surface area contributed by atoms with Crippen LogP contribution in [0, 0.1) is 5.41 Å². The molecule has 18 heavy (non-hydrogen) atoms. The third kappa shape index (κ3) is 2.88. The Balaban J connectivity index is 1.94. The third-order valence-electron chi connectivity index (χ3n) is 3.86. The summed E-state index contributed by atoms with van der Waals surface area (Å²) in [4.78, 5) is 16.3. The highest BCUT2D eigenvalue weighted by Gasteiger charge is 2.37. The lowest BCUT2D eigenvalue weighted by molar-refractivity contribution is -0.132. The van der Waals surface area contributed by atoms with Gasteiger partial charge in [0.2, 0.25) is 5.91 Å². The number of carbonyl (C=O) groups excluding carboxylic acids is 1. The normalized spacial score (nSPS) is 18.3. The summed E-state index contributed by atoms with van der Waals surface area (Å²) in [6.45, 7) is 0.986. The van der Waals surface area contributed by atoms with Gasteiger partial charge in [-0.15, -0.1) is 0 Å². The molecule has 0 aromatic carbocycles. The number of rotatable bonds is 4. The van der Waals surface area contributed by atoms with Crippen molar-refractivity contribution in [2.24, 2.45) is 11.1 Å². The first kappa shape index (κ1) is 13.0. The molecule has 1 heterocycles. The summed E-state index contributed by atoms with van der Waals surface area (Å²) >= 11 is 0. The highest BCUT2D eigenvalue weighted by atomic mass is 16.2. The first-order chi connectivity index (χ1) is 8.77. The Morgan fingerprint density at radius 3 is 2.78 bits per heavy atom. The molecule has 3 N–H and O–H groups in total. The molecule has 1 aliphatic rings. The Bertz CT molecular complexity index is 385. The van der Waals surface area contributed by atoms with Crippen molar-refractivity contribution >= 4 is 5.91 Å². The number of hydrogen-bond acceptors (Lipinski definition) is 3. The molecule has 1 aliphatic carbocycles. The molecule has 1 fully saturated rings. The van der Waals surface area contributed by atoms with E-state index in [0.29, 0.717) is 13.1 Å². The number of nitrogens with zero attached hydrogens (tertiary/aromatic N) is 1. The highest BCUT2D eigenvalue weighted by Crippen LogP contribution is 2.35. The van der Waals surface area contributed by atoms with Crippen molar-refractivity contribution in [3.05, 3.63) is 30.1 Å². The first-order valence-electron chi connectivity index (χ1n) is 6.64. The number of amides is 1. The van der Waals surface area contributed by atoms with Crippen LogP contribution in [-0.4, -0.2) is 17.4 Å². The summed E-state index contributed by atoms with van der Waals surface area (Å²) in [6.07, 6.45) is 8.78. The number of pyridine rings is 1. The van der Waals surface area contributed by atoms with Crippen LogP contribution < -0.4 is 11.1 Å². The molecule has 1 amide bonds. The Hall–Kier alpha value is -1.42. The van der Waals surface area contributed by atoms with Gasteiger partial charge in [0.25, 0.3) is 0 Å². The van der Waals surface area contributed by atoms with E-state index in [1.54, 1.807) is 12.4 Å². The van der Waals surface area contributed by atoms with Crippen LogP contribution in [0.15, 0.2) is 24.5 Å². The summed E-state index contributed by atoms with van der Waals surface area (Å²) in [5.74, 6) is 0.105. The average molecular weight is 247 g/mol. The average Bonchev–Trinajstić information content (AvgIpc) is 2.46. The molecule has 4 nitrogen and oxygen atoms in total. The lowest BCUT2D eigenvalue weighted by Crippen LogP contribution is -2.46. The Morgan fingerprint density at radius 1 is 1.39 bits per heavy atom. The minimum absolute atomic E-state index is 0.105. The molecular weight excluding hydrogens is 226 g/mol. The summed E-state index contributed by atoms with van der Waals surface area (Å²) < 4.78 is 0. The van der Waals surface area contributed by atoms with Crippen LogP contribution in [0.25, 0.3) is 0 Å². The Labute approximate surface area is 108 Å². The van der Waals surface area contributed by atoms with Crippen molar-refractivity contribution in [2.75, 3.05) is 6.54 Å². The molecule has 0 atom stereocenters. The van der Waals surface area contributed by atoms with Gasteiger partial charge in [0.15, 0.2) is 0 Å². The second kappa shape index (κ2) is 5.96. The zero-order chi connectivity index (χ0) is 12.8. The minimum Gasteiger partial charge on any atom is -0.351 e. The van der Waals surface area contributed by atoms with Gasteiger partial charge in [-0.05, 0) is 24.5 Å². The van der Waals surface area contributed by atoms with Crippen LogP contribution in [-0.2, 0) is 11.3 Å². The molecule has 0 aliphatic heterocycles. The van der Waals surface area contributed by atoms with Crippen LogP contribution in [0.5, 0.6) is 0 Å². The SMILES string of the molecule is NCC1(C(=O)NCc2cccnc2)CCCCC1. The van der Waals surface area contributed by atoms with E-state index >= 15 is 0 Å². The molecule has 1 saturated carbocycles. The number of nitrogens with one attached hydrogen (secondary N) is 1. The maximum Gasteiger partial charge on any atom is 0.227 e. The fraction of sp³-hybridized carbons (Fsp3) is 0.571. The van der Waals surface area contributed by atoms with Crippen molar-refractivity contribution in [1.29, 1.82) is 0 Å². The van der Waals surface area contributed by atoms with Crippen molar-refractivity contribution in [2.45, 2.75) is 38.6 Å². The third-order valence-corrected chi connectivity index (χ3v) is 3.86. The summed E-state index contributed by atoms with van der Waals surface area (Å²) in [7, 11) is 0. The van der Waals surface area contributed by atoms with E-state index in [1.165, 1.54) is 6.42 Å². The summed E-state index contributed by atoms with van der Waals surface area (Å²) in [6, 6.07) is 3.84. The Morgan fingerprint density at radius 2 is 2.17 bits per heavy atom. The van der Waals surface area contributed by atoms with Gasteiger partial charge in [-0.1, -0.05) is 25.3 Å². The lowest BCUT2D eigenvalue weighted by Gasteiger charge is -2.34. The van der Waals surface area contributed by atoms with Crippen molar-refractivity contribution in [3.8, 4) is 0 Å². The van der Waals surface area contributed by atoms with Crippen LogP contribution in [0.4, 0.5) is 0 Å². The molecule has 0 bridgehead atoms. The fourth-order valence-corrected chi connectivity index (χ4v) is 2.62. The number of aromatic nitrogens is 1. The van der Waals surface area contributed by atoms with Gasteiger partial charge in [-0.2, -0.15) is 0 Å². The van der Waals surface area contributed by atoms with Gasteiger partial charge >= 0.3 is 0 Å². The number of carbonyl (C=O) groups is 1. The van der Waals surface area contributed by atoms with Gasteiger partial charge in [-0.25, -0.2) is 0 Å². The minimum atomic E-state index is -0.333. The van der Waals surface area contributed by atoms with E-state index < -0.39 is 0 Å². The van der Waals surface area contributed by atoms with Crippen LogP contribution in [0.2, 0.25) is 0 Å². The molecule has 0 saturated heterocycles. The second-order valence-electron chi connectivity index (χ2n) is 5.09. The molecule has 98 valence electrons. The molecule has 0 radical (unpaired) electrons. The molecular formula is C14H21N3O. The van der Waals surface area contributed by atoms with Gasteiger partial charge in [0, 0.05) is 25.5 Å². The van der Waals surface area contributed by atoms with Crippen LogP contribution >= 0.6 is 0 Å². The van der Waals surface area contributed by atoms with E-state index in [0.717, 1.165) is 31.2 Å². The largest absolute Gasteiger partial charge is 0.351 e. The number of nitrogens with two attached hydrogens (primary N) is 1. The molecule has 0 spiro atoms. The fourth-order valence-electron chi connectivity index (χ4n) is 2.62. The quantitative estimate of drug-likeness (QED) is 0.849. The second-order valence-corrected chi connectivity index (χ2v) is 5.09.